The van der Waals surface area contributed by atoms with Gasteiger partial charge in [0.25, 0.3) is 5.69 Å². The second-order valence-corrected chi connectivity index (χ2v) is 6.69. The van der Waals surface area contributed by atoms with Crippen LogP contribution in [0.25, 0.3) is 0 Å². The molecule has 0 saturated carbocycles. The van der Waals surface area contributed by atoms with Crippen molar-refractivity contribution in [2.24, 2.45) is 0 Å². The van der Waals surface area contributed by atoms with Crippen molar-refractivity contribution in [2.45, 2.75) is 25.9 Å². The Morgan fingerprint density at radius 3 is 2.14 bits per heavy atom. The van der Waals surface area contributed by atoms with Crippen LogP contribution in [0.2, 0.25) is 0 Å². The molecule has 142 valence electrons. The Balaban J connectivity index is 1.92. The maximum atomic E-state index is 12.8. The van der Waals surface area contributed by atoms with Gasteiger partial charge in [0, 0.05) is 18.1 Å². The number of hydrogen-bond acceptors (Lipinski definition) is 4. The number of non-ortho nitro benzene ring substituents is 1. The number of nitrogens with zero attached hydrogens (tertiary/aromatic N) is 1. The van der Waals surface area contributed by atoms with E-state index in [4.69, 9.17) is 4.74 Å². The van der Waals surface area contributed by atoms with E-state index in [-0.39, 0.29) is 17.2 Å². The maximum Gasteiger partial charge on any atom is 0.338 e. The van der Waals surface area contributed by atoms with Crippen LogP contribution in [0.4, 0.5) is 5.69 Å². The van der Waals surface area contributed by atoms with Crippen LogP contribution in [0.3, 0.4) is 0 Å². The molecule has 2 atom stereocenters. The first-order chi connectivity index (χ1) is 13.5. The molecule has 0 aliphatic carbocycles. The molecular weight excluding hydrogens is 354 g/mol. The van der Waals surface area contributed by atoms with E-state index in [1.54, 1.807) is 0 Å². The Labute approximate surface area is 163 Å². The van der Waals surface area contributed by atoms with Gasteiger partial charge in [-0.05, 0) is 35.7 Å². The van der Waals surface area contributed by atoms with Gasteiger partial charge >= 0.3 is 5.97 Å². The van der Waals surface area contributed by atoms with Crippen LogP contribution in [0.15, 0.2) is 78.9 Å². The number of benzene rings is 3. The van der Waals surface area contributed by atoms with E-state index < -0.39 is 17.0 Å². The lowest BCUT2D eigenvalue weighted by Gasteiger charge is -2.26. The van der Waals surface area contributed by atoms with E-state index in [2.05, 4.69) is 0 Å². The van der Waals surface area contributed by atoms with Gasteiger partial charge in [-0.1, -0.05) is 61.5 Å². The van der Waals surface area contributed by atoms with Gasteiger partial charge in [0.15, 0.2) is 0 Å². The fourth-order valence-electron chi connectivity index (χ4n) is 3.17. The van der Waals surface area contributed by atoms with Crippen LogP contribution < -0.4 is 0 Å². The SMILES string of the molecule is Cc1ccccc1C(OC(=O)c1ccc([N+](=O)[O-])cc1)C(C)c1ccccc1. The molecule has 2 unspecified atom stereocenters. The van der Waals surface area contributed by atoms with Crippen LogP contribution in [0.5, 0.6) is 0 Å². The van der Waals surface area contributed by atoms with Gasteiger partial charge in [-0.25, -0.2) is 4.79 Å². The predicted octanol–water partition coefficient (Wildman–Crippen LogP) is 5.61. The molecular formula is C23H21NO4. The molecule has 0 aliphatic heterocycles. The number of rotatable bonds is 6. The third-order valence-electron chi connectivity index (χ3n) is 4.82. The average Bonchev–Trinajstić information content (AvgIpc) is 2.72. The van der Waals surface area contributed by atoms with E-state index in [0.29, 0.717) is 0 Å². The highest BCUT2D eigenvalue weighted by atomic mass is 16.6. The first-order valence-corrected chi connectivity index (χ1v) is 9.03. The molecule has 3 rings (SSSR count). The minimum Gasteiger partial charge on any atom is -0.453 e. The maximum absolute atomic E-state index is 12.8. The summed E-state index contributed by atoms with van der Waals surface area (Å²) in [6.07, 6.45) is -0.480. The van der Waals surface area contributed by atoms with Gasteiger partial charge < -0.3 is 4.74 Å². The number of esters is 1. The smallest absolute Gasteiger partial charge is 0.338 e. The number of carbonyl (C=O) groups excluding carboxylic acids is 1. The Kier molecular flexibility index (Phi) is 5.84. The Bertz CT molecular complexity index is 967. The van der Waals surface area contributed by atoms with Crippen LogP contribution in [-0.4, -0.2) is 10.9 Å². The number of nitro benzene ring substituents is 1. The molecule has 0 bridgehead atoms. The van der Waals surface area contributed by atoms with Crippen LogP contribution >= 0.6 is 0 Å². The van der Waals surface area contributed by atoms with Gasteiger partial charge in [-0.15, -0.1) is 0 Å². The highest BCUT2D eigenvalue weighted by molar-refractivity contribution is 5.89. The van der Waals surface area contributed by atoms with Crippen molar-refractivity contribution >= 4 is 11.7 Å². The summed E-state index contributed by atoms with van der Waals surface area (Å²) >= 11 is 0. The van der Waals surface area contributed by atoms with Crippen molar-refractivity contribution in [3.05, 3.63) is 111 Å². The molecule has 5 heteroatoms. The Morgan fingerprint density at radius 1 is 0.929 bits per heavy atom. The number of ether oxygens (including phenoxy) is 1. The molecule has 0 spiro atoms. The average molecular weight is 375 g/mol. The van der Waals surface area contributed by atoms with E-state index in [1.807, 2.05) is 68.4 Å². The summed E-state index contributed by atoms with van der Waals surface area (Å²) in [6.45, 7) is 4.01. The molecule has 3 aromatic rings. The normalized spacial score (nSPS) is 12.8. The highest BCUT2D eigenvalue weighted by Crippen LogP contribution is 2.36. The van der Waals surface area contributed by atoms with Gasteiger partial charge in [-0.2, -0.15) is 0 Å². The van der Waals surface area contributed by atoms with Gasteiger partial charge in [0.1, 0.15) is 6.10 Å². The van der Waals surface area contributed by atoms with Gasteiger partial charge in [0.05, 0.1) is 10.5 Å². The number of aryl methyl sites for hydroxylation is 1. The lowest BCUT2D eigenvalue weighted by atomic mass is 9.88. The fraction of sp³-hybridized carbons (Fsp3) is 0.174. The third kappa shape index (κ3) is 4.26. The summed E-state index contributed by atoms with van der Waals surface area (Å²) in [5.41, 5.74) is 3.25. The second kappa shape index (κ2) is 8.48. The minimum atomic E-state index is -0.508. The van der Waals surface area contributed by atoms with Crippen molar-refractivity contribution in [3.8, 4) is 0 Å². The monoisotopic (exact) mass is 375 g/mol. The molecule has 0 amide bonds. The summed E-state index contributed by atoms with van der Waals surface area (Å²) in [5.74, 6) is -0.574. The van der Waals surface area contributed by atoms with E-state index in [1.165, 1.54) is 24.3 Å². The van der Waals surface area contributed by atoms with Crippen molar-refractivity contribution in [3.63, 3.8) is 0 Å². The quantitative estimate of drug-likeness (QED) is 0.319. The lowest BCUT2D eigenvalue weighted by molar-refractivity contribution is -0.384. The molecule has 0 aromatic heterocycles. The summed E-state index contributed by atoms with van der Waals surface area (Å²) in [5, 5.41) is 10.8. The number of nitro groups is 1. The first kappa shape index (κ1) is 19.3. The molecule has 0 heterocycles. The third-order valence-corrected chi connectivity index (χ3v) is 4.82. The highest BCUT2D eigenvalue weighted by Gasteiger charge is 2.27. The Hall–Kier alpha value is -3.47. The molecule has 5 nitrogen and oxygen atoms in total. The summed E-state index contributed by atoms with van der Waals surface area (Å²) in [4.78, 5) is 23.1. The van der Waals surface area contributed by atoms with Gasteiger partial charge in [0.2, 0.25) is 0 Å². The van der Waals surface area contributed by atoms with Crippen LogP contribution in [-0.2, 0) is 4.74 Å². The van der Waals surface area contributed by atoms with Gasteiger partial charge in [-0.3, -0.25) is 10.1 Å². The summed E-state index contributed by atoms with van der Waals surface area (Å²) in [7, 11) is 0. The molecule has 0 aliphatic rings. The number of carbonyl (C=O) groups is 1. The lowest BCUT2D eigenvalue weighted by Crippen LogP contribution is -2.18. The van der Waals surface area contributed by atoms with Crippen molar-refractivity contribution in [2.75, 3.05) is 0 Å². The van der Waals surface area contributed by atoms with E-state index in [0.717, 1.165) is 16.7 Å². The van der Waals surface area contributed by atoms with Crippen LogP contribution in [0.1, 0.15) is 46.0 Å². The zero-order valence-electron chi connectivity index (χ0n) is 15.7. The summed E-state index contributed by atoms with van der Waals surface area (Å²) < 4.78 is 5.91. The van der Waals surface area contributed by atoms with Crippen molar-refractivity contribution in [1.82, 2.24) is 0 Å². The molecule has 0 fully saturated rings. The molecule has 0 N–H and O–H groups in total. The molecule has 0 saturated heterocycles. The van der Waals surface area contributed by atoms with Crippen molar-refractivity contribution < 1.29 is 14.5 Å². The molecule has 28 heavy (non-hydrogen) atoms. The zero-order chi connectivity index (χ0) is 20.1. The first-order valence-electron chi connectivity index (χ1n) is 9.03. The zero-order valence-corrected chi connectivity index (χ0v) is 15.7. The summed E-state index contributed by atoms with van der Waals surface area (Å²) in [6, 6.07) is 23.1. The fourth-order valence-corrected chi connectivity index (χ4v) is 3.17. The van der Waals surface area contributed by atoms with Crippen molar-refractivity contribution in [1.29, 1.82) is 0 Å². The largest absolute Gasteiger partial charge is 0.453 e. The topological polar surface area (TPSA) is 69.4 Å². The Morgan fingerprint density at radius 2 is 1.54 bits per heavy atom. The number of hydrogen-bond donors (Lipinski definition) is 0. The minimum absolute atomic E-state index is 0.0651. The van der Waals surface area contributed by atoms with E-state index in [9.17, 15) is 14.9 Å². The predicted molar refractivity (Wildman–Crippen MR) is 107 cm³/mol. The molecule has 3 aromatic carbocycles. The standard InChI is InChI=1S/C23H21NO4/c1-16-8-6-7-11-21(16)22(17(2)18-9-4-3-5-10-18)28-23(25)19-12-14-20(15-13-19)24(26)27/h3-15,17,22H,1-2H3. The van der Waals surface area contributed by atoms with Crippen LogP contribution in [0, 0.1) is 17.0 Å². The van der Waals surface area contributed by atoms with E-state index >= 15 is 0 Å². The second-order valence-electron chi connectivity index (χ2n) is 6.69. The molecule has 0 radical (unpaired) electrons.